The largest absolute Gasteiger partial charge is 0.295 e. The van der Waals surface area contributed by atoms with Crippen molar-refractivity contribution in [2.24, 2.45) is 16.2 Å². The number of hydrogen-bond acceptors (Lipinski definition) is 3. The molecule has 3 rings (SSSR count). The van der Waals surface area contributed by atoms with Crippen molar-refractivity contribution in [3.05, 3.63) is 53.6 Å². The highest BCUT2D eigenvalue weighted by molar-refractivity contribution is 7.90. The molecule has 0 amide bonds. The average Bonchev–Trinajstić information content (AvgIpc) is 2.53. The maximum Gasteiger partial charge on any atom is 0.282 e. The number of carbonyl (C=O) groups excluding carboxylic acids is 1. The van der Waals surface area contributed by atoms with Crippen molar-refractivity contribution in [1.82, 2.24) is 0 Å². The normalized spacial score (nSPS) is 26.5. The van der Waals surface area contributed by atoms with Gasteiger partial charge in [-0.3, -0.25) is 4.79 Å². The van der Waals surface area contributed by atoms with E-state index in [2.05, 4.69) is 4.40 Å². The zero-order valence-electron chi connectivity index (χ0n) is 13.2. The number of fused-ring (bicyclic) bond motifs is 1. The molecule has 5 heteroatoms. The van der Waals surface area contributed by atoms with E-state index in [1.165, 1.54) is 29.4 Å². The molecular weight excluding hydrogens is 310 g/mol. The predicted molar refractivity (Wildman–Crippen MR) is 89.8 cm³/mol. The van der Waals surface area contributed by atoms with E-state index in [1.807, 2.05) is 13.8 Å². The van der Waals surface area contributed by atoms with Crippen molar-refractivity contribution in [2.75, 3.05) is 0 Å². The molecule has 0 saturated heterocycles. The van der Waals surface area contributed by atoms with Crippen LogP contribution in [0.4, 0.5) is 0 Å². The minimum Gasteiger partial charge on any atom is -0.295 e. The van der Waals surface area contributed by atoms with Crippen LogP contribution in [0.15, 0.2) is 62.9 Å². The molecule has 2 aliphatic carbocycles. The fourth-order valence-electron chi connectivity index (χ4n) is 3.20. The maximum absolute atomic E-state index is 12.5. The van der Waals surface area contributed by atoms with Gasteiger partial charge in [0, 0.05) is 11.8 Å². The molecule has 4 nitrogen and oxygen atoms in total. The molecule has 2 atom stereocenters. The van der Waals surface area contributed by atoms with Gasteiger partial charge in [0.25, 0.3) is 10.0 Å². The van der Waals surface area contributed by atoms with Crippen LogP contribution in [-0.2, 0) is 14.8 Å². The molecule has 0 fully saturated rings. The molecule has 120 valence electrons. The first-order valence-electron chi connectivity index (χ1n) is 7.65. The lowest BCUT2D eigenvalue weighted by atomic mass is 9.70. The van der Waals surface area contributed by atoms with Crippen molar-refractivity contribution in [1.29, 1.82) is 0 Å². The van der Waals surface area contributed by atoms with Gasteiger partial charge >= 0.3 is 0 Å². The van der Waals surface area contributed by atoms with Crippen molar-refractivity contribution >= 4 is 21.5 Å². The quantitative estimate of drug-likeness (QED) is 0.782. The number of rotatable bonds is 2. The van der Waals surface area contributed by atoms with Crippen LogP contribution in [0.5, 0.6) is 0 Å². The highest BCUT2D eigenvalue weighted by Crippen LogP contribution is 2.38. The molecule has 1 aromatic carbocycles. The van der Waals surface area contributed by atoms with E-state index < -0.39 is 10.0 Å². The summed E-state index contributed by atoms with van der Waals surface area (Å²) in [5, 5.41) is 0. The molecule has 1 aromatic rings. The van der Waals surface area contributed by atoms with E-state index in [1.54, 1.807) is 24.3 Å². The molecule has 0 aliphatic heterocycles. The lowest BCUT2D eigenvalue weighted by Gasteiger charge is -2.33. The van der Waals surface area contributed by atoms with E-state index in [4.69, 9.17) is 0 Å². The van der Waals surface area contributed by atoms with Crippen LogP contribution < -0.4 is 0 Å². The summed E-state index contributed by atoms with van der Waals surface area (Å²) in [6, 6.07) is 8.18. The Morgan fingerprint density at radius 3 is 2.22 bits per heavy atom. The van der Waals surface area contributed by atoms with Crippen LogP contribution in [0.2, 0.25) is 0 Å². The van der Waals surface area contributed by atoms with E-state index in [-0.39, 0.29) is 22.5 Å². The van der Waals surface area contributed by atoms with Gasteiger partial charge in [0.2, 0.25) is 0 Å². The Hall–Kier alpha value is -2.01. The Labute approximate surface area is 136 Å². The Kier molecular flexibility index (Phi) is 4.06. The molecule has 0 radical (unpaired) electrons. The van der Waals surface area contributed by atoms with Gasteiger partial charge in [-0.2, -0.15) is 12.8 Å². The fraction of sp³-hybridized carbons (Fsp3) is 0.333. The molecule has 0 spiro atoms. The average molecular weight is 329 g/mol. The number of allylic oxidation sites excluding steroid dienone is 4. The molecule has 0 N–H and O–H groups in total. The number of carbonyl (C=O) groups is 1. The first-order chi connectivity index (χ1) is 10.9. The molecule has 0 aromatic heterocycles. The van der Waals surface area contributed by atoms with E-state index in [9.17, 15) is 13.2 Å². The second kappa shape index (κ2) is 5.89. The summed E-state index contributed by atoms with van der Waals surface area (Å²) in [6.07, 6.45) is 4.41. The van der Waals surface area contributed by atoms with Gasteiger partial charge in [-0.15, -0.1) is 0 Å². The Morgan fingerprint density at radius 2 is 1.57 bits per heavy atom. The molecule has 0 bridgehead atoms. The molecule has 0 saturated carbocycles. The van der Waals surface area contributed by atoms with Gasteiger partial charge in [0.1, 0.15) is 0 Å². The number of nitrogens with zero attached hydrogens (tertiary/aromatic N) is 1. The Balaban J connectivity index is 2.02. The van der Waals surface area contributed by atoms with Crippen molar-refractivity contribution in [2.45, 2.75) is 31.6 Å². The number of ketones is 1. The number of benzene rings is 1. The van der Waals surface area contributed by atoms with Gasteiger partial charge in [0.15, 0.2) is 5.78 Å². The zero-order chi connectivity index (χ0) is 16.6. The van der Waals surface area contributed by atoms with E-state index in [0.717, 1.165) is 0 Å². The minimum absolute atomic E-state index is 0.0675. The lowest BCUT2D eigenvalue weighted by Crippen LogP contribution is -2.35. The third-order valence-corrected chi connectivity index (χ3v) is 6.02. The third kappa shape index (κ3) is 3.06. The smallest absolute Gasteiger partial charge is 0.282 e. The summed E-state index contributed by atoms with van der Waals surface area (Å²) in [4.78, 5) is 12.3. The molecule has 2 aliphatic rings. The van der Waals surface area contributed by atoms with Crippen molar-refractivity contribution < 1.29 is 13.2 Å². The fourth-order valence-corrected chi connectivity index (χ4v) is 4.28. The van der Waals surface area contributed by atoms with Crippen molar-refractivity contribution in [3.8, 4) is 0 Å². The summed E-state index contributed by atoms with van der Waals surface area (Å²) < 4.78 is 29.0. The maximum atomic E-state index is 12.5. The first kappa shape index (κ1) is 15.9. The first-order valence-corrected chi connectivity index (χ1v) is 9.09. The summed E-state index contributed by atoms with van der Waals surface area (Å²) >= 11 is 0. The van der Waals surface area contributed by atoms with Crippen LogP contribution in [0.3, 0.4) is 0 Å². The monoisotopic (exact) mass is 329 g/mol. The van der Waals surface area contributed by atoms with Crippen LogP contribution >= 0.6 is 0 Å². The zero-order valence-corrected chi connectivity index (χ0v) is 14.0. The SMILES string of the molecule is CC1=C(C)C[C@H]2C(=O)C=CC(=NS(=O)(=O)c3ccccc3)[C@H]2C1. The van der Waals surface area contributed by atoms with Gasteiger partial charge in [-0.05, 0) is 51.0 Å². The van der Waals surface area contributed by atoms with Gasteiger partial charge < -0.3 is 0 Å². The molecule has 0 heterocycles. The second-order valence-electron chi connectivity index (χ2n) is 6.22. The topological polar surface area (TPSA) is 63.6 Å². The molecular formula is C18H19NO3S. The lowest BCUT2D eigenvalue weighted by molar-refractivity contribution is -0.119. The van der Waals surface area contributed by atoms with Gasteiger partial charge in [-0.1, -0.05) is 29.3 Å². The highest BCUT2D eigenvalue weighted by Gasteiger charge is 2.37. The van der Waals surface area contributed by atoms with Crippen molar-refractivity contribution in [3.63, 3.8) is 0 Å². The predicted octanol–water partition coefficient (Wildman–Crippen LogP) is 3.32. The Morgan fingerprint density at radius 1 is 0.957 bits per heavy atom. The minimum atomic E-state index is -3.75. The van der Waals surface area contributed by atoms with Crippen LogP contribution in [-0.4, -0.2) is 19.9 Å². The summed E-state index contributed by atoms with van der Waals surface area (Å²) in [5.74, 6) is -0.263. The highest BCUT2D eigenvalue weighted by atomic mass is 32.2. The second-order valence-corrected chi connectivity index (χ2v) is 7.83. The molecule has 23 heavy (non-hydrogen) atoms. The van der Waals surface area contributed by atoms with Crippen LogP contribution in [0.1, 0.15) is 26.7 Å². The third-order valence-electron chi connectivity index (χ3n) is 4.70. The summed E-state index contributed by atoms with van der Waals surface area (Å²) in [6.45, 7) is 4.08. The number of hydrogen-bond donors (Lipinski definition) is 0. The van der Waals surface area contributed by atoms with E-state index in [0.29, 0.717) is 18.6 Å². The van der Waals surface area contributed by atoms with Crippen LogP contribution in [0.25, 0.3) is 0 Å². The van der Waals surface area contributed by atoms with Crippen LogP contribution in [0, 0.1) is 11.8 Å². The summed E-state index contributed by atoms with van der Waals surface area (Å²) in [7, 11) is -3.75. The van der Waals surface area contributed by atoms with Gasteiger partial charge in [-0.25, -0.2) is 0 Å². The Bertz CT molecular complexity index is 832. The number of sulfonamides is 1. The van der Waals surface area contributed by atoms with Gasteiger partial charge in [0.05, 0.1) is 10.6 Å². The van der Waals surface area contributed by atoms with E-state index >= 15 is 0 Å². The summed E-state index contributed by atoms with van der Waals surface area (Å²) in [5.41, 5.74) is 2.93. The molecule has 0 unspecified atom stereocenters. The standard InChI is InChI=1S/C18H19NO3S/c1-12-10-15-16(11-13(12)2)18(20)9-8-17(15)19-23(21,22)14-6-4-3-5-7-14/h3-9,15-16H,10-11H2,1-2H3/t15-,16+/m0/s1.